The van der Waals surface area contributed by atoms with E-state index in [-0.39, 0.29) is 0 Å². The standard InChI is InChI=1S/C12H15NO/c1-3-4-8-14-12-7-5-6-10(2)11(12)9-13/h5-7H,3-4,8H2,1-2H3. The van der Waals surface area contributed by atoms with Crippen molar-refractivity contribution >= 4 is 0 Å². The van der Waals surface area contributed by atoms with Crippen LogP contribution in [0, 0.1) is 18.3 Å². The Hall–Kier alpha value is -1.49. The van der Waals surface area contributed by atoms with Crippen LogP contribution in [0.15, 0.2) is 18.2 Å². The first-order valence-corrected chi connectivity index (χ1v) is 4.92. The minimum absolute atomic E-state index is 0.656. The Kier molecular flexibility index (Phi) is 4.00. The molecule has 0 aliphatic heterocycles. The van der Waals surface area contributed by atoms with Crippen molar-refractivity contribution in [2.24, 2.45) is 0 Å². The Morgan fingerprint density at radius 1 is 1.43 bits per heavy atom. The van der Waals surface area contributed by atoms with E-state index in [4.69, 9.17) is 10.00 Å². The van der Waals surface area contributed by atoms with E-state index in [0.717, 1.165) is 18.4 Å². The molecule has 0 aromatic heterocycles. The molecule has 0 fully saturated rings. The molecule has 0 amide bonds. The number of aryl methyl sites for hydroxylation is 1. The number of benzene rings is 1. The van der Waals surface area contributed by atoms with E-state index >= 15 is 0 Å². The highest BCUT2D eigenvalue weighted by Crippen LogP contribution is 2.20. The monoisotopic (exact) mass is 189 g/mol. The average molecular weight is 189 g/mol. The largest absolute Gasteiger partial charge is 0.492 e. The normalized spacial score (nSPS) is 9.50. The summed E-state index contributed by atoms with van der Waals surface area (Å²) in [4.78, 5) is 0. The summed E-state index contributed by atoms with van der Waals surface area (Å²) in [6.45, 7) is 4.73. The first kappa shape index (κ1) is 10.6. The van der Waals surface area contributed by atoms with Crippen molar-refractivity contribution < 1.29 is 4.74 Å². The molecular weight excluding hydrogens is 174 g/mol. The van der Waals surface area contributed by atoms with E-state index < -0.39 is 0 Å². The number of nitriles is 1. The van der Waals surface area contributed by atoms with Crippen molar-refractivity contribution in [3.63, 3.8) is 0 Å². The van der Waals surface area contributed by atoms with Crippen molar-refractivity contribution in [3.8, 4) is 11.8 Å². The molecule has 0 saturated heterocycles. The number of ether oxygens (including phenoxy) is 1. The summed E-state index contributed by atoms with van der Waals surface area (Å²) in [6, 6.07) is 7.85. The van der Waals surface area contributed by atoms with Gasteiger partial charge in [-0.3, -0.25) is 0 Å². The molecule has 1 aromatic carbocycles. The number of nitrogens with zero attached hydrogens (tertiary/aromatic N) is 1. The molecule has 0 unspecified atom stereocenters. The Bertz CT molecular complexity index is 339. The van der Waals surface area contributed by atoms with Gasteiger partial charge in [0.1, 0.15) is 11.8 Å². The van der Waals surface area contributed by atoms with Gasteiger partial charge in [-0.15, -0.1) is 0 Å². The maximum atomic E-state index is 8.93. The van der Waals surface area contributed by atoms with Crippen molar-refractivity contribution in [2.45, 2.75) is 26.7 Å². The average Bonchev–Trinajstić information content (AvgIpc) is 2.18. The fourth-order valence-electron chi connectivity index (χ4n) is 1.23. The van der Waals surface area contributed by atoms with Crippen molar-refractivity contribution in [3.05, 3.63) is 29.3 Å². The molecule has 0 aliphatic carbocycles. The topological polar surface area (TPSA) is 33.0 Å². The summed E-state index contributed by atoms with van der Waals surface area (Å²) >= 11 is 0. The summed E-state index contributed by atoms with van der Waals surface area (Å²) in [7, 11) is 0. The van der Waals surface area contributed by atoms with Crippen LogP contribution in [0.3, 0.4) is 0 Å². The summed E-state index contributed by atoms with van der Waals surface area (Å²) in [5.41, 5.74) is 1.63. The van der Waals surface area contributed by atoms with Crippen molar-refractivity contribution in [1.82, 2.24) is 0 Å². The van der Waals surface area contributed by atoms with Gasteiger partial charge in [-0.2, -0.15) is 5.26 Å². The molecule has 1 aromatic rings. The first-order valence-electron chi connectivity index (χ1n) is 4.92. The lowest BCUT2D eigenvalue weighted by atomic mass is 10.1. The lowest BCUT2D eigenvalue weighted by molar-refractivity contribution is 0.308. The van der Waals surface area contributed by atoms with E-state index in [1.54, 1.807) is 0 Å². The van der Waals surface area contributed by atoms with Gasteiger partial charge in [0, 0.05) is 0 Å². The zero-order valence-corrected chi connectivity index (χ0v) is 8.71. The summed E-state index contributed by atoms with van der Waals surface area (Å²) < 4.78 is 5.53. The highest BCUT2D eigenvalue weighted by molar-refractivity contribution is 5.48. The molecule has 2 heteroatoms. The van der Waals surface area contributed by atoms with Gasteiger partial charge in [-0.25, -0.2) is 0 Å². The molecule has 0 atom stereocenters. The number of unbranched alkanes of at least 4 members (excludes halogenated alkanes) is 1. The highest BCUT2D eigenvalue weighted by Gasteiger charge is 2.04. The van der Waals surface area contributed by atoms with Crippen molar-refractivity contribution in [1.29, 1.82) is 5.26 Å². The van der Waals surface area contributed by atoms with E-state index in [9.17, 15) is 0 Å². The van der Waals surface area contributed by atoms with Crippen LogP contribution in [0.1, 0.15) is 30.9 Å². The highest BCUT2D eigenvalue weighted by atomic mass is 16.5. The van der Waals surface area contributed by atoms with E-state index in [1.807, 2.05) is 25.1 Å². The molecule has 0 aliphatic rings. The SMILES string of the molecule is CCCCOc1cccc(C)c1C#N. The zero-order valence-electron chi connectivity index (χ0n) is 8.71. The zero-order chi connectivity index (χ0) is 10.4. The van der Waals surface area contributed by atoms with Gasteiger partial charge in [0.25, 0.3) is 0 Å². The molecule has 0 N–H and O–H groups in total. The number of rotatable bonds is 4. The fourth-order valence-corrected chi connectivity index (χ4v) is 1.23. The third-order valence-electron chi connectivity index (χ3n) is 2.10. The second kappa shape index (κ2) is 5.29. The molecule has 0 radical (unpaired) electrons. The van der Waals surface area contributed by atoms with Crippen LogP contribution >= 0.6 is 0 Å². The van der Waals surface area contributed by atoms with Gasteiger partial charge in [0.2, 0.25) is 0 Å². The quantitative estimate of drug-likeness (QED) is 0.682. The van der Waals surface area contributed by atoms with Gasteiger partial charge < -0.3 is 4.74 Å². The smallest absolute Gasteiger partial charge is 0.137 e. The minimum Gasteiger partial charge on any atom is -0.492 e. The van der Waals surface area contributed by atoms with Crippen LogP contribution in [0.4, 0.5) is 0 Å². The van der Waals surface area contributed by atoms with Gasteiger partial charge in [-0.1, -0.05) is 25.5 Å². The third-order valence-corrected chi connectivity index (χ3v) is 2.10. The van der Waals surface area contributed by atoms with Crippen molar-refractivity contribution in [2.75, 3.05) is 6.61 Å². The van der Waals surface area contributed by atoms with Crippen LogP contribution in [-0.4, -0.2) is 6.61 Å². The maximum Gasteiger partial charge on any atom is 0.137 e. The van der Waals surface area contributed by atoms with Gasteiger partial charge in [-0.05, 0) is 25.0 Å². The summed E-state index contributed by atoms with van der Waals surface area (Å²) in [5.74, 6) is 0.709. The molecule has 1 rings (SSSR count). The molecule has 0 bridgehead atoms. The predicted molar refractivity (Wildman–Crippen MR) is 56.3 cm³/mol. The Balaban J connectivity index is 2.76. The van der Waals surface area contributed by atoms with E-state index in [1.165, 1.54) is 0 Å². The van der Waals surface area contributed by atoms with E-state index in [2.05, 4.69) is 13.0 Å². The summed E-state index contributed by atoms with van der Waals surface area (Å²) in [5, 5.41) is 8.93. The van der Waals surface area contributed by atoms with Crippen LogP contribution < -0.4 is 4.74 Å². The molecule has 2 nitrogen and oxygen atoms in total. The minimum atomic E-state index is 0.656. The molecule has 74 valence electrons. The number of hydrogen-bond acceptors (Lipinski definition) is 2. The van der Waals surface area contributed by atoms with Gasteiger partial charge in [0.05, 0.1) is 12.2 Å². The Morgan fingerprint density at radius 3 is 2.86 bits per heavy atom. The molecule has 14 heavy (non-hydrogen) atoms. The van der Waals surface area contributed by atoms with Gasteiger partial charge in [0.15, 0.2) is 0 Å². The third kappa shape index (κ3) is 2.50. The van der Waals surface area contributed by atoms with Crippen LogP contribution in [-0.2, 0) is 0 Å². The molecule has 0 spiro atoms. The van der Waals surface area contributed by atoms with Crippen LogP contribution in [0.25, 0.3) is 0 Å². The van der Waals surface area contributed by atoms with Crippen LogP contribution in [0.5, 0.6) is 5.75 Å². The maximum absolute atomic E-state index is 8.93. The second-order valence-corrected chi connectivity index (χ2v) is 3.26. The first-order chi connectivity index (χ1) is 6.79. The van der Waals surface area contributed by atoms with Crippen LogP contribution in [0.2, 0.25) is 0 Å². The lowest BCUT2D eigenvalue weighted by Crippen LogP contribution is -1.99. The molecular formula is C12H15NO. The second-order valence-electron chi connectivity index (χ2n) is 3.26. The lowest BCUT2D eigenvalue weighted by Gasteiger charge is -2.08. The van der Waals surface area contributed by atoms with E-state index in [0.29, 0.717) is 17.9 Å². The number of hydrogen-bond donors (Lipinski definition) is 0. The van der Waals surface area contributed by atoms with Gasteiger partial charge >= 0.3 is 0 Å². The summed E-state index contributed by atoms with van der Waals surface area (Å²) in [6.07, 6.45) is 2.13. The predicted octanol–water partition coefficient (Wildman–Crippen LogP) is 3.05. The molecule has 0 heterocycles. The molecule has 0 saturated carbocycles. The fraction of sp³-hybridized carbons (Fsp3) is 0.417. The Morgan fingerprint density at radius 2 is 2.21 bits per heavy atom. The Labute approximate surface area is 85.1 Å².